The van der Waals surface area contributed by atoms with Gasteiger partial charge in [-0.05, 0) is 44.7 Å². The second-order valence-electron chi connectivity index (χ2n) is 9.76. The zero-order valence-electron chi connectivity index (χ0n) is 19.4. The molecule has 0 bridgehead atoms. The van der Waals surface area contributed by atoms with Crippen LogP contribution in [0.2, 0.25) is 0 Å². The number of nitrogens with zero attached hydrogens (tertiary/aromatic N) is 7. The van der Waals surface area contributed by atoms with E-state index in [0.717, 1.165) is 86.3 Å². The predicted molar refractivity (Wildman–Crippen MR) is 129 cm³/mol. The Hall–Kier alpha value is -3.11. The molecule has 3 N–H and O–H groups in total. The van der Waals surface area contributed by atoms with Crippen molar-refractivity contribution in [2.75, 3.05) is 36.0 Å². The van der Waals surface area contributed by atoms with Gasteiger partial charge in [-0.25, -0.2) is 15.0 Å². The van der Waals surface area contributed by atoms with Crippen LogP contribution >= 0.6 is 0 Å². The van der Waals surface area contributed by atoms with Crippen molar-refractivity contribution in [1.82, 2.24) is 15.0 Å². The molecule has 34 heavy (non-hydrogen) atoms. The van der Waals surface area contributed by atoms with Crippen LogP contribution in [0.3, 0.4) is 0 Å². The summed E-state index contributed by atoms with van der Waals surface area (Å²) in [5.74, 6) is 1.78. The predicted octanol–water partition coefficient (Wildman–Crippen LogP) is 1.73. The van der Waals surface area contributed by atoms with E-state index in [1.807, 2.05) is 18.3 Å². The molecule has 10 nitrogen and oxygen atoms in total. The molecule has 2 saturated heterocycles. The van der Waals surface area contributed by atoms with E-state index in [1.54, 1.807) is 0 Å². The van der Waals surface area contributed by atoms with Crippen molar-refractivity contribution in [3.05, 3.63) is 41.1 Å². The number of aromatic nitrogens is 3. The van der Waals surface area contributed by atoms with Crippen molar-refractivity contribution in [3.63, 3.8) is 0 Å². The number of nitrogens with two attached hydrogens (primary N) is 1. The minimum Gasteiger partial charge on any atom is -0.411 e. The summed E-state index contributed by atoms with van der Waals surface area (Å²) in [6.45, 7) is 6.06. The number of hydrogen-bond acceptors (Lipinski definition) is 10. The highest BCUT2D eigenvalue weighted by Crippen LogP contribution is 2.42. The Morgan fingerprint density at radius 3 is 2.82 bits per heavy atom. The van der Waals surface area contributed by atoms with Crippen molar-refractivity contribution in [3.8, 4) is 0 Å². The summed E-state index contributed by atoms with van der Waals surface area (Å²) in [4.78, 5) is 23.7. The number of anilines is 2. The first-order valence-electron chi connectivity index (χ1n) is 12.1. The number of fused-ring (bicyclic) bond motifs is 2. The van der Waals surface area contributed by atoms with Gasteiger partial charge in [0, 0.05) is 31.1 Å². The number of aliphatic imine (C=N–C) groups is 1. The summed E-state index contributed by atoms with van der Waals surface area (Å²) in [5, 5.41) is 11.9. The smallest absolute Gasteiger partial charge is 0.156 e. The molecule has 2 aromatic heterocycles. The van der Waals surface area contributed by atoms with Gasteiger partial charge in [0.05, 0.1) is 54.4 Å². The minimum atomic E-state index is 0.0922. The maximum absolute atomic E-state index is 8.82. The number of oxime groups is 1. The second-order valence-corrected chi connectivity index (χ2v) is 9.76. The van der Waals surface area contributed by atoms with Gasteiger partial charge in [0.25, 0.3) is 0 Å². The number of piperidine rings is 1. The van der Waals surface area contributed by atoms with Gasteiger partial charge in [-0.15, -0.1) is 0 Å². The summed E-state index contributed by atoms with van der Waals surface area (Å²) in [5.41, 5.74) is 11.0. The van der Waals surface area contributed by atoms with Gasteiger partial charge in [0.15, 0.2) is 5.84 Å². The SMILES string of the molecule is C[C@@H]1OCC2(CCN(c3cnc4c(n3)CN=C4N3CCCc4nc(/C=N/O)ccc43)CC2)[C@@H]1N. The van der Waals surface area contributed by atoms with Gasteiger partial charge in [-0.2, -0.15) is 0 Å². The highest BCUT2D eigenvalue weighted by atomic mass is 16.5. The second kappa shape index (κ2) is 8.28. The van der Waals surface area contributed by atoms with Gasteiger partial charge >= 0.3 is 0 Å². The zero-order chi connectivity index (χ0) is 23.3. The first-order chi connectivity index (χ1) is 16.6. The molecule has 0 unspecified atom stereocenters. The number of rotatable bonds is 2. The standard InChI is InChI=1S/C24H30N8O2/c1-15-22(25)24(14-34-15)6-9-31(10-7-24)20-13-26-21-18(30-20)12-27-23(21)32-8-2-3-17-19(32)5-4-16(29-17)11-28-33/h4-5,11,13,15,22,33H,2-3,6-10,12,14,25H2,1H3/b28-11+/t15-,22+/m0/s1. The maximum atomic E-state index is 8.82. The summed E-state index contributed by atoms with van der Waals surface area (Å²) in [6.07, 6.45) is 7.25. The average Bonchev–Trinajstić information content (AvgIpc) is 3.41. The molecule has 6 heterocycles. The van der Waals surface area contributed by atoms with E-state index < -0.39 is 0 Å². The first kappa shape index (κ1) is 21.4. The quantitative estimate of drug-likeness (QED) is 0.393. The fourth-order valence-corrected chi connectivity index (χ4v) is 5.77. The van der Waals surface area contributed by atoms with Crippen molar-refractivity contribution in [1.29, 1.82) is 0 Å². The molecular weight excluding hydrogens is 432 g/mol. The largest absolute Gasteiger partial charge is 0.411 e. The molecule has 0 saturated carbocycles. The molecule has 4 aliphatic rings. The van der Waals surface area contributed by atoms with E-state index in [-0.39, 0.29) is 17.6 Å². The highest BCUT2D eigenvalue weighted by Gasteiger charge is 2.47. The minimum absolute atomic E-state index is 0.0922. The lowest BCUT2D eigenvalue weighted by atomic mass is 9.73. The Labute approximate surface area is 198 Å². The van der Waals surface area contributed by atoms with Crippen LogP contribution in [0.4, 0.5) is 11.5 Å². The molecule has 0 aliphatic carbocycles. The fourth-order valence-electron chi connectivity index (χ4n) is 5.77. The molecule has 178 valence electrons. The third kappa shape index (κ3) is 3.43. The van der Waals surface area contributed by atoms with Crippen LogP contribution in [-0.4, -0.2) is 70.6 Å². The summed E-state index contributed by atoms with van der Waals surface area (Å²) in [6, 6.07) is 3.97. The molecule has 0 amide bonds. The number of ether oxygens (including phenoxy) is 1. The molecule has 6 rings (SSSR count). The maximum Gasteiger partial charge on any atom is 0.156 e. The van der Waals surface area contributed by atoms with Crippen LogP contribution in [0.25, 0.3) is 0 Å². The van der Waals surface area contributed by atoms with E-state index in [4.69, 9.17) is 30.6 Å². The molecule has 1 spiro atoms. The van der Waals surface area contributed by atoms with E-state index in [1.165, 1.54) is 6.21 Å². The number of amidine groups is 1. The number of pyridine rings is 1. The lowest BCUT2D eigenvalue weighted by Crippen LogP contribution is -2.50. The Kier molecular flexibility index (Phi) is 5.22. The van der Waals surface area contributed by atoms with Gasteiger partial charge in [-0.3, -0.25) is 4.99 Å². The van der Waals surface area contributed by atoms with Crippen LogP contribution < -0.4 is 15.5 Å². The fraction of sp³-hybridized carbons (Fsp3) is 0.542. The average molecular weight is 463 g/mol. The Bertz CT molecular complexity index is 1160. The Morgan fingerprint density at radius 2 is 2.06 bits per heavy atom. The third-order valence-corrected chi connectivity index (χ3v) is 7.86. The first-order valence-corrected chi connectivity index (χ1v) is 12.1. The summed E-state index contributed by atoms with van der Waals surface area (Å²) < 4.78 is 5.86. The Morgan fingerprint density at radius 1 is 1.21 bits per heavy atom. The van der Waals surface area contributed by atoms with Gasteiger partial charge in [0.2, 0.25) is 0 Å². The lowest BCUT2D eigenvalue weighted by molar-refractivity contribution is 0.0974. The molecule has 2 fully saturated rings. The normalized spacial score (nSPS) is 25.6. The third-order valence-electron chi connectivity index (χ3n) is 7.86. The van der Waals surface area contributed by atoms with Gasteiger partial charge < -0.3 is 25.5 Å². The van der Waals surface area contributed by atoms with E-state index in [0.29, 0.717) is 12.2 Å². The van der Waals surface area contributed by atoms with Crippen LogP contribution in [0, 0.1) is 5.41 Å². The van der Waals surface area contributed by atoms with Crippen LogP contribution in [-0.2, 0) is 17.7 Å². The monoisotopic (exact) mass is 462 g/mol. The van der Waals surface area contributed by atoms with Crippen molar-refractivity contribution in [2.45, 2.75) is 51.3 Å². The lowest BCUT2D eigenvalue weighted by Gasteiger charge is -2.41. The topological polar surface area (TPSA) is 125 Å². The van der Waals surface area contributed by atoms with E-state index in [9.17, 15) is 0 Å². The highest BCUT2D eigenvalue weighted by molar-refractivity contribution is 6.11. The molecule has 10 heteroatoms. The Balaban J connectivity index is 1.20. The summed E-state index contributed by atoms with van der Waals surface area (Å²) >= 11 is 0. The van der Waals surface area contributed by atoms with Crippen molar-refractivity contribution >= 4 is 23.6 Å². The number of aryl methyl sites for hydroxylation is 1. The molecule has 2 atom stereocenters. The summed E-state index contributed by atoms with van der Waals surface area (Å²) in [7, 11) is 0. The zero-order valence-corrected chi connectivity index (χ0v) is 19.4. The molecule has 0 radical (unpaired) electrons. The van der Waals surface area contributed by atoms with Crippen molar-refractivity contribution < 1.29 is 9.94 Å². The molecular formula is C24H30N8O2. The van der Waals surface area contributed by atoms with Gasteiger partial charge in [0.1, 0.15) is 11.5 Å². The van der Waals surface area contributed by atoms with Gasteiger partial charge in [-0.1, -0.05) is 5.16 Å². The van der Waals surface area contributed by atoms with Crippen molar-refractivity contribution in [2.24, 2.45) is 21.3 Å². The molecule has 4 aliphatic heterocycles. The number of hydrogen-bond donors (Lipinski definition) is 2. The van der Waals surface area contributed by atoms with E-state index >= 15 is 0 Å². The van der Waals surface area contributed by atoms with Crippen LogP contribution in [0.1, 0.15) is 49.0 Å². The molecule has 0 aromatic carbocycles. The molecule has 2 aromatic rings. The van der Waals surface area contributed by atoms with Crippen LogP contribution in [0.5, 0.6) is 0 Å². The van der Waals surface area contributed by atoms with Crippen LogP contribution in [0.15, 0.2) is 28.5 Å². The van der Waals surface area contributed by atoms with E-state index in [2.05, 4.69) is 26.9 Å².